The lowest BCUT2D eigenvalue weighted by atomic mass is 10.1. The van der Waals surface area contributed by atoms with Crippen LogP contribution in [0, 0.1) is 0 Å². The molecule has 20 heavy (non-hydrogen) atoms. The van der Waals surface area contributed by atoms with Gasteiger partial charge in [0.1, 0.15) is 5.54 Å². The summed E-state index contributed by atoms with van der Waals surface area (Å²) in [5.74, 6) is -1.03. The van der Waals surface area contributed by atoms with E-state index >= 15 is 0 Å². The molecule has 0 aromatic heterocycles. The Kier molecular flexibility index (Phi) is 3.99. The van der Waals surface area contributed by atoms with Crippen molar-refractivity contribution in [1.29, 1.82) is 0 Å². The van der Waals surface area contributed by atoms with Crippen LogP contribution in [0.5, 0.6) is 0 Å². The average molecular weight is 283 g/mol. The Bertz CT molecular complexity index is 435. The van der Waals surface area contributed by atoms with Crippen LogP contribution in [0.1, 0.15) is 33.1 Å². The van der Waals surface area contributed by atoms with Crippen molar-refractivity contribution in [3.8, 4) is 0 Å². The quantitative estimate of drug-likeness (QED) is 0.706. The van der Waals surface area contributed by atoms with Crippen molar-refractivity contribution in [3.63, 3.8) is 0 Å². The molecule has 2 rings (SSSR count). The van der Waals surface area contributed by atoms with Gasteiger partial charge in [0.15, 0.2) is 0 Å². The van der Waals surface area contributed by atoms with Gasteiger partial charge < -0.3 is 10.4 Å². The topological polar surface area (TPSA) is 90.0 Å². The third kappa shape index (κ3) is 2.92. The van der Waals surface area contributed by atoms with Crippen LogP contribution < -0.4 is 5.32 Å². The predicted molar refractivity (Wildman–Crippen MR) is 71.2 cm³/mol. The van der Waals surface area contributed by atoms with E-state index in [4.69, 9.17) is 5.11 Å². The van der Waals surface area contributed by atoms with E-state index in [-0.39, 0.29) is 24.4 Å². The summed E-state index contributed by atoms with van der Waals surface area (Å²) in [5, 5.41) is 11.5. The summed E-state index contributed by atoms with van der Waals surface area (Å²) < 4.78 is 0. The first-order valence-corrected chi connectivity index (χ1v) is 6.91. The van der Waals surface area contributed by atoms with Crippen LogP contribution in [0.4, 0.5) is 4.79 Å². The molecule has 2 aliphatic heterocycles. The van der Waals surface area contributed by atoms with Crippen LogP contribution in [0.25, 0.3) is 0 Å². The Balaban J connectivity index is 1.90. The monoisotopic (exact) mass is 283 g/mol. The van der Waals surface area contributed by atoms with Crippen molar-refractivity contribution >= 4 is 17.9 Å². The van der Waals surface area contributed by atoms with Crippen LogP contribution in [0.15, 0.2) is 0 Å². The molecule has 2 N–H and O–H groups in total. The molecule has 0 aromatic rings. The summed E-state index contributed by atoms with van der Waals surface area (Å²) in [6, 6.07) is -0.352. The fourth-order valence-electron chi connectivity index (χ4n) is 2.87. The minimum absolute atomic E-state index is 0.0151. The number of carbonyl (C=O) groups is 3. The minimum atomic E-state index is -0.845. The number of amides is 3. The van der Waals surface area contributed by atoms with E-state index in [0.717, 1.165) is 19.4 Å². The summed E-state index contributed by atoms with van der Waals surface area (Å²) in [4.78, 5) is 37.8. The van der Waals surface area contributed by atoms with Crippen LogP contribution in [-0.2, 0) is 9.59 Å². The maximum absolute atomic E-state index is 12.0. The highest BCUT2D eigenvalue weighted by Gasteiger charge is 2.44. The highest BCUT2D eigenvalue weighted by Crippen LogP contribution is 2.21. The van der Waals surface area contributed by atoms with Gasteiger partial charge in [-0.3, -0.25) is 19.4 Å². The van der Waals surface area contributed by atoms with E-state index < -0.39 is 11.5 Å². The van der Waals surface area contributed by atoms with Crippen molar-refractivity contribution in [2.24, 2.45) is 0 Å². The number of aliphatic carboxylic acids is 1. The van der Waals surface area contributed by atoms with E-state index in [0.29, 0.717) is 13.1 Å². The Morgan fingerprint density at radius 1 is 1.40 bits per heavy atom. The average Bonchev–Trinajstić information content (AvgIpc) is 2.81. The highest BCUT2D eigenvalue weighted by molar-refractivity contribution is 6.06. The number of carbonyl (C=O) groups excluding carboxylic acids is 2. The summed E-state index contributed by atoms with van der Waals surface area (Å²) in [7, 11) is 0. The number of carboxylic acids is 1. The molecule has 0 aromatic carbocycles. The molecule has 0 saturated carbocycles. The van der Waals surface area contributed by atoms with Gasteiger partial charge in [-0.05, 0) is 33.2 Å². The van der Waals surface area contributed by atoms with Crippen molar-refractivity contribution in [2.45, 2.75) is 44.7 Å². The fourth-order valence-corrected chi connectivity index (χ4v) is 2.87. The molecule has 112 valence electrons. The molecule has 2 fully saturated rings. The third-order valence-corrected chi connectivity index (χ3v) is 3.96. The predicted octanol–water partition coefficient (Wildman–Crippen LogP) is 0.256. The molecule has 7 nitrogen and oxygen atoms in total. The molecule has 2 saturated heterocycles. The lowest BCUT2D eigenvalue weighted by Gasteiger charge is -2.25. The molecule has 0 spiro atoms. The maximum atomic E-state index is 12.0. The highest BCUT2D eigenvalue weighted by atomic mass is 16.4. The summed E-state index contributed by atoms with van der Waals surface area (Å²) in [6.45, 7) is 5.02. The minimum Gasteiger partial charge on any atom is -0.481 e. The lowest BCUT2D eigenvalue weighted by Crippen LogP contribution is -2.43. The summed E-state index contributed by atoms with van der Waals surface area (Å²) >= 11 is 0. The maximum Gasteiger partial charge on any atom is 0.325 e. The number of imide groups is 1. The van der Waals surface area contributed by atoms with E-state index in [1.54, 1.807) is 13.8 Å². The molecular formula is C13H21N3O4. The first-order chi connectivity index (χ1) is 9.31. The lowest BCUT2D eigenvalue weighted by molar-refractivity contribution is -0.138. The summed E-state index contributed by atoms with van der Waals surface area (Å²) in [6.07, 6.45) is 1.94. The molecular weight excluding hydrogens is 262 g/mol. The van der Waals surface area contributed by atoms with Crippen LogP contribution >= 0.6 is 0 Å². The van der Waals surface area contributed by atoms with Gasteiger partial charge in [0.25, 0.3) is 5.91 Å². The van der Waals surface area contributed by atoms with Gasteiger partial charge >= 0.3 is 12.0 Å². The molecule has 0 radical (unpaired) electrons. The SMILES string of the molecule is CC1(C)NC(=O)N(CCN2CCCC2CC(=O)O)C1=O. The second-order valence-corrected chi connectivity index (χ2v) is 5.94. The van der Waals surface area contributed by atoms with E-state index in [2.05, 4.69) is 10.2 Å². The Labute approximate surface area is 117 Å². The Hall–Kier alpha value is -1.63. The molecule has 2 aliphatic rings. The van der Waals surface area contributed by atoms with Gasteiger partial charge in [-0.15, -0.1) is 0 Å². The number of carboxylic acid groups (broad SMARTS) is 1. The summed E-state index contributed by atoms with van der Waals surface area (Å²) in [5.41, 5.74) is -0.845. The van der Waals surface area contributed by atoms with Crippen molar-refractivity contribution < 1.29 is 19.5 Å². The first kappa shape index (κ1) is 14.8. The number of hydrogen-bond donors (Lipinski definition) is 2. The van der Waals surface area contributed by atoms with Crippen molar-refractivity contribution in [1.82, 2.24) is 15.1 Å². The molecule has 0 aliphatic carbocycles. The van der Waals surface area contributed by atoms with Crippen molar-refractivity contribution in [2.75, 3.05) is 19.6 Å². The molecule has 7 heteroatoms. The largest absolute Gasteiger partial charge is 0.481 e. The van der Waals surface area contributed by atoms with Gasteiger partial charge in [-0.25, -0.2) is 4.79 Å². The Morgan fingerprint density at radius 2 is 2.10 bits per heavy atom. The zero-order valence-electron chi connectivity index (χ0n) is 11.9. The van der Waals surface area contributed by atoms with Crippen LogP contribution in [-0.4, -0.2) is 64.0 Å². The number of likely N-dealkylation sites (tertiary alicyclic amines) is 1. The molecule has 1 unspecified atom stereocenters. The van der Waals surface area contributed by atoms with Gasteiger partial charge in [-0.2, -0.15) is 0 Å². The number of nitrogens with one attached hydrogen (secondary N) is 1. The normalized spacial score (nSPS) is 26.1. The molecule has 0 bridgehead atoms. The number of hydrogen-bond acceptors (Lipinski definition) is 4. The van der Waals surface area contributed by atoms with Gasteiger partial charge in [-0.1, -0.05) is 0 Å². The standard InChI is InChI=1S/C13H21N3O4/c1-13(2)11(19)16(12(20)14-13)7-6-15-5-3-4-9(15)8-10(17)18/h9H,3-8H2,1-2H3,(H,14,20)(H,17,18). The second-order valence-electron chi connectivity index (χ2n) is 5.94. The number of rotatable bonds is 5. The van der Waals surface area contributed by atoms with E-state index in [1.807, 2.05) is 0 Å². The number of nitrogens with zero attached hydrogens (tertiary/aromatic N) is 2. The van der Waals surface area contributed by atoms with E-state index in [9.17, 15) is 14.4 Å². The second kappa shape index (κ2) is 5.40. The van der Waals surface area contributed by atoms with Crippen LogP contribution in [0.2, 0.25) is 0 Å². The Morgan fingerprint density at radius 3 is 2.65 bits per heavy atom. The van der Waals surface area contributed by atoms with E-state index in [1.165, 1.54) is 4.90 Å². The van der Waals surface area contributed by atoms with Crippen LogP contribution in [0.3, 0.4) is 0 Å². The van der Waals surface area contributed by atoms with Gasteiger partial charge in [0, 0.05) is 19.1 Å². The molecule has 1 atom stereocenters. The van der Waals surface area contributed by atoms with Crippen molar-refractivity contribution in [3.05, 3.63) is 0 Å². The fraction of sp³-hybridized carbons (Fsp3) is 0.769. The molecule has 3 amide bonds. The first-order valence-electron chi connectivity index (χ1n) is 6.91. The smallest absolute Gasteiger partial charge is 0.325 e. The van der Waals surface area contributed by atoms with Gasteiger partial charge in [0.2, 0.25) is 0 Å². The van der Waals surface area contributed by atoms with Gasteiger partial charge in [0.05, 0.1) is 6.42 Å². The number of urea groups is 1. The zero-order chi connectivity index (χ0) is 14.9. The third-order valence-electron chi connectivity index (χ3n) is 3.96. The molecule has 2 heterocycles. The zero-order valence-corrected chi connectivity index (χ0v) is 11.9.